The quantitative estimate of drug-likeness (QED) is 0.144. The molecule has 0 spiro atoms. The predicted molar refractivity (Wildman–Crippen MR) is 135 cm³/mol. The lowest BCUT2D eigenvalue weighted by atomic mass is 9.81. The van der Waals surface area contributed by atoms with Gasteiger partial charge in [-0.05, 0) is 100 Å². The number of rotatable bonds is 21. The molecule has 0 aromatic heterocycles. The van der Waals surface area contributed by atoms with Crippen LogP contribution in [0.2, 0.25) is 0 Å². The predicted octanol–water partition coefficient (Wildman–Crippen LogP) is 8.10. The van der Waals surface area contributed by atoms with Crippen molar-refractivity contribution < 1.29 is 14.6 Å². The van der Waals surface area contributed by atoms with Crippen LogP contribution in [0.5, 0.6) is 0 Å². The van der Waals surface area contributed by atoms with Gasteiger partial charge < -0.3 is 14.6 Å². The van der Waals surface area contributed by atoms with Crippen LogP contribution in [0.4, 0.5) is 0 Å². The molecular formula is C28H58O3. The maximum atomic E-state index is 9.58. The SMILES string of the molecule is CCCCOCOCCCC(C)CC(C)CC(C)CC(C)CC(C)CC(C)CC(C)O. The van der Waals surface area contributed by atoms with Gasteiger partial charge in [0.15, 0.2) is 0 Å². The van der Waals surface area contributed by atoms with E-state index in [9.17, 15) is 5.11 Å². The molecule has 0 saturated heterocycles. The highest BCUT2D eigenvalue weighted by Gasteiger charge is 2.18. The van der Waals surface area contributed by atoms with Gasteiger partial charge in [-0.1, -0.05) is 54.9 Å². The Morgan fingerprint density at radius 2 is 0.935 bits per heavy atom. The summed E-state index contributed by atoms with van der Waals surface area (Å²) in [5.41, 5.74) is 0. The molecule has 3 nitrogen and oxygen atoms in total. The first-order valence-electron chi connectivity index (χ1n) is 13.5. The zero-order valence-electron chi connectivity index (χ0n) is 22.5. The second-order valence-corrected chi connectivity index (χ2v) is 11.3. The van der Waals surface area contributed by atoms with Crippen LogP contribution in [0, 0.1) is 35.5 Å². The maximum absolute atomic E-state index is 9.58. The number of hydrogen-bond donors (Lipinski definition) is 1. The van der Waals surface area contributed by atoms with Crippen LogP contribution < -0.4 is 0 Å². The summed E-state index contributed by atoms with van der Waals surface area (Å²) in [6.45, 7) is 20.6. The van der Waals surface area contributed by atoms with Crippen molar-refractivity contribution in [3.05, 3.63) is 0 Å². The molecule has 0 aliphatic carbocycles. The minimum absolute atomic E-state index is 0.166. The highest BCUT2D eigenvalue weighted by molar-refractivity contribution is 4.69. The van der Waals surface area contributed by atoms with Crippen molar-refractivity contribution in [1.29, 1.82) is 0 Å². The summed E-state index contributed by atoms with van der Waals surface area (Å²) < 4.78 is 11.0. The van der Waals surface area contributed by atoms with E-state index in [1.54, 1.807) is 0 Å². The van der Waals surface area contributed by atoms with Crippen molar-refractivity contribution in [2.45, 2.75) is 126 Å². The van der Waals surface area contributed by atoms with E-state index in [1.165, 1.54) is 44.9 Å². The van der Waals surface area contributed by atoms with Gasteiger partial charge in [-0.2, -0.15) is 0 Å². The minimum atomic E-state index is -0.166. The summed E-state index contributed by atoms with van der Waals surface area (Å²) in [7, 11) is 0. The Balaban J connectivity index is 3.87. The molecule has 3 heteroatoms. The third-order valence-electron chi connectivity index (χ3n) is 6.56. The minimum Gasteiger partial charge on any atom is -0.393 e. The number of aliphatic hydroxyl groups excluding tert-OH is 1. The molecule has 0 bridgehead atoms. The number of hydrogen-bond acceptors (Lipinski definition) is 3. The molecule has 0 saturated carbocycles. The first-order valence-corrected chi connectivity index (χ1v) is 13.5. The van der Waals surface area contributed by atoms with Crippen LogP contribution >= 0.6 is 0 Å². The van der Waals surface area contributed by atoms with E-state index in [0.717, 1.165) is 62.1 Å². The van der Waals surface area contributed by atoms with E-state index in [4.69, 9.17) is 9.47 Å². The van der Waals surface area contributed by atoms with Crippen molar-refractivity contribution in [2.75, 3.05) is 20.0 Å². The van der Waals surface area contributed by atoms with Crippen molar-refractivity contribution in [3.8, 4) is 0 Å². The monoisotopic (exact) mass is 442 g/mol. The van der Waals surface area contributed by atoms with Crippen molar-refractivity contribution >= 4 is 0 Å². The third-order valence-corrected chi connectivity index (χ3v) is 6.56. The molecule has 7 atom stereocenters. The van der Waals surface area contributed by atoms with E-state index in [2.05, 4.69) is 48.5 Å². The normalized spacial score (nSPS) is 18.9. The smallest absolute Gasteiger partial charge is 0.146 e. The fraction of sp³-hybridized carbons (Fsp3) is 1.00. The summed E-state index contributed by atoms with van der Waals surface area (Å²) in [6, 6.07) is 0. The summed E-state index contributed by atoms with van der Waals surface area (Å²) >= 11 is 0. The lowest BCUT2D eigenvalue weighted by molar-refractivity contribution is -0.0558. The number of aliphatic hydroxyl groups is 1. The molecule has 31 heavy (non-hydrogen) atoms. The largest absolute Gasteiger partial charge is 0.393 e. The molecule has 1 N–H and O–H groups in total. The van der Waals surface area contributed by atoms with Gasteiger partial charge in [-0.15, -0.1) is 0 Å². The van der Waals surface area contributed by atoms with Crippen LogP contribution in [-0.2, 0) is 9.47 Å². The van der Waals surface area contributed by atoms with Gasteiger partial charge in [0.1, 0.15) is 6.79 Å². The Morgan fingerprint density at radius 3 is 1.35 bits per heavy atom. The Bertz CT molecular complexity index is 384. The molecule has 188 valence electrons. The lowest BCUT2D eigenvalue weighted by Crippen LogP contribution is -2.14. The topological polar surface area (TPSA) is 38.7 Å². The second kappa shape index (κ2) is 19.4. The van der Waals surface area contributed by atoms with Gasteiger partial charge in [0.25, 0.3) is 0 Å². The zero-order chi connectivity index (χ0) is 23.6. The number of unbranched alkanes of at least 4 members (excludes halogenated alkanes) is 1. The Morgan fingerprint density at radius 1 is 0.548 bits per heavy atom. The van der Waals surface area contributed by atoms with E-state index in [1.807, 2.05) is 6.92 Å². The molecule has 0 radical (unpaired) electrons. The Hall–Kier alpha value is -0.120. The van der Waals surface area contributed by atoms with E-state index in [0.29, 0.717) is 12.7 Å². The summed E-state index contributed by atoms with van der Waals surface area (Å²) in [5, 5.41) is 9.58. The average Bonchev–Trinajstić information content (AvgIpc) is 2.62. The molecule has 0 amide bonds. The third kappa shape index (κ3) is 20.2. The molecule has 0 rings (SSSR count). The first kappa shape index (κ1) is 30.9. The summed E-state index contributed by atoms with van der Waals surface area (Å²) in [5.74, 6) is 4.57. The summed E-state index contributed by atoms with van der Waals surface area (Å²) in [4.78, 5) is 0. The molecule has 0 aliphatic heterocycles. The van der Waals surface area contributed by atoms with Gasteiger partial charge in [-0.3, -0.25) is 0 Å². The van der Waals surface area contributed by atoms with Gasteiger partial charge in [0, 0.05) is 13.2 Å². The van der Waals surface area contributed by atoms with Crippen LogP contribution in [-0.4, -0.2) is 31.2 Å². The van der Waals surface area contributed by atoms with Crippen LogP contribution in [0.25, 0.3) is 0 Å². The Labute approximate surface area is 196 Å². The van der Waals surface area contributed by atoms with Gasteiger partial charge >= 0.3 is 0 Å². The van der Waals surface area contributed by atoms with Crippen molar-refractivity contribution in [1.82, 2.24) is 0 Å². The lowest BCUT2D eigenvalue weighted by Gasteiger charge is -2.25. The van der Waals surface area contributed by atoms with E-state index in [-0.39, 0.29) is 6.10 Å². The highest BCUT2D eigenvalue weighted by atomic mass is 16.7. The number of ether oxygens (including phenoxy) is 2. The van der Waals surface area contributed by atoms with E-state index < -0.39 is 0 Å². The van der Waals surface area contributed by atoms with Crippen LogP contribution in [0.3, 0.4) is 0 Å². The molecule has 0 fully saturated rings. The van der Waals surface area contributed by atoms with Crippen LogP contribution in [0.1, 0.15) is 120 Å². The standard InChI is InChI=1S/C28H58O3/c1-9-10-13-30-21-31-14-11-12-22(2)15-23(3)16-24(4)17-25(5)18-26(6)19-27(7)20-28(8)29/h22-29H,9-21H2,1-8H3. The first-order chi connectivity index (χ1) is 14.6. The zero-order valence-corrected chi connectivity index (χ0v) is 22.5. The van der Waals surface area contributed by atoms with Crippen LogP contribution in [0.15, 0.2) is 0 Å². The fourth-order valence-electron chi connectivity index (χ4n) is 5.57. The average molecular weight is 443 g/mol. The van der Waals surface area contributed by atoms with E-state index >= 15 is 0 Å². The molecule has 0 aromatic carbocycles. The van der Waals surface area contributed by atoms with Gasteiger partial charge in [0.05, 0.1) is 6.10 Å². The molecule has 0 heterocycles. The van der Waals surface area contributed by atoms with Gasteiger partial charge in [0.2, 0.25) is 0 Å². The molecule has 7 unspecified atom stereocenters. The molecule has 0 aliphatic rings. The van der Waals surface area contributed by atoms with Gasteiger partial charge in [-0.25, -0.2) is 0 Å². The Kier molecular flexibility index (Phi) is 19.3. The second-order valence-electron chi connectivity index (χ2n) is 11.3. The molecular weight excluding hydrogens is 384 g/mol. The van der Waals surface area contributed by atoms with Crippen molar-refractivity contribution in [2.24, 2.45) is 35.5 Å². The molecule has 0 aromatic rings. The maximum Gasteiger partial charge on any atom is 0.146 e. The summed E-state index contributed by atoms with van der Waals surface area (Å²) in [6.07, 6.45) is 12.1. The highest BCUT2D eigenvalue weighted by Crippen LogP contribution is 2.29. The fourth-order valence-corrected chi connectivity index (χ4v) is 5.57. The van der Waals surface area contributed by atoms with Crippen molar-refractivity contribution in [3.63, 3.8) is 0 Å².